The summed E-state index contributed by atoms with van der Waals surface area (Å²) >= 11 is 0. The predicted octanol–water partition coefficient (Wildman–Crippen LogP) is 3.00. The van der Waals surface area contributed by atoms with Gasteiger partial charge in [0.05, 0.1) is 6.61 Å². The first-order chi connectivity index (χ1) is 11.2. The summed E-state index contributed by atoms with van der Waals surface area (Å²) in [5.74, 6) is 0.0868. The van der Waals surface area contributed by atoms with E-state index in [9.17, 15) is 9.59 Å². The highest BCUT2D eigenvalue weighted by Gasteiger charge is 2.18. The Morgan fingerprint density at radius 3 is 2.78 bits per heavy atom. The third-order valence-corrected chi connectivity index (χ3v) is 4.02. The summed E-state index contributed by atoms with van der Waals surface area (Å²) in [7, 11) is 0. The second kappa shape index (κ2) is 6.86. The molecule has 0 radical (unpaired) electrons. The molecule has 122 valence electrons. The Labute approximate surface area is 134 Å². The average molecular weight is 316 g/mol. The van der Waals surface area contributed by atoms with Crippen LogP contribution in [-0.2, 0) is 22.4 Å². The molecular formula is C18H20O5. The monoisotopic (exact) mass is 316 g/mol. The fourth-order valence-corrected chi connectivity index (χ4v) is 2.92. The molecular weight excluding hydrogens is 296 g/mol. The van der Waals surface area contributed by atoms with Crippen molar-refractivity contribution >= 4 is 16.9 Å². The molecule has 0 N–H and O–H groups in total. The molecule has 0 fully saturated rings. The fourth-order valence-electron chi connectivity index (χ4n) is 2.92. The van der Waals surface area contributed by atoms with E-state index in [4.69, 9.17) is 13.9 Å². The van der Waals surface area contributed by atoms with E-state index in [1.807, 2.05) is 13.0 Å². The number of ether oxygens (including phenoxy) is 2. The lowest BCUT2D eigenvalue weighted by molar-refractivity contribution is -0.146. The summed E-state index contributed by atoms with van der Waals surface area (Å²) in [6, 6.07) is 5.36. The molecule has 0 amide bonds. The van der Waals surface area contributed by atoms with Crippen molar-refractivity contribution in [3.8, 4) is 5.75 Å². The largest absolute Gasteiger partial charge is 0.482 e. The average Bonchev–Trinajstić information content (AvgIpc) is 2.58. The summed E-state index contributed by atoms with van der Waals surface area (Å²) in [5.41, 5.74) is 2.15. The molecule has 0 aliphatic heterocycles. The molecule has 5 nitrogen and oxygen atoms in total. The first-order valence-electron chi connectivity index (χ1n) is 8.06. The van der Waals surface area contributed by atoms with Gasteiger partial charge < -0.3 is 13.9 Å². The predicted molar refractivity (Wildman–Crippen MR) is 85.9 cm³/mol. The number of carbonyl (C=O) groups excluding carboxylic acids is 1. The molecule has 5 heteroatoms. The minimum absolute atomic E-state index is 0.152. The maximum atomic E-state index is 12.1. The van der Waals surface area contributed by atoms with E-state index in [1.54, 1.807) is 12.1 Å². The van der Waals surface area contributed by atoms with E-state index in [2.05, 4.69) is 0 Å². The molecule has 0 spiro atoms. The highest BCUT2D eigenvalue weighted by atomic mass is 16.6. The molecule has 1 aromatic carbocycles. The summed E-state index contributed by atoms with van der Waals surface area (Å²) in [6.45, 7) is 2.17. The Morgan fingerprint density at radius 2 is 2.00 bits per heavy atom. The highest BCUT2D eigenvalue weighted by molar-refractivity contribution is 5.83. The van der Waals surface area contributed by atoms with Crippen molar-refractivity contribution < 1.29 is 18.7 Å². The van der Waals surface area contributed by atoms with Crippen LogP contribution < -0.4 is 10.4 Å². The zero-order valence-corrected chi connectivity index (χ0v) is 13.2. The molecule has 0 saturated carbocycles. The number of aryl methyl sites for hydroxylation is 1. The third-order valence-electron chi connectivity index (χ3n) is 4.02. The van der Waals surface area contributed by atoms with Gasteiger partial charge in [0.25, 0.3) is 0 Å². The molecule has 23 heavy (non-hydrogen) atoms. The van der Waals surface area contributed by atoms with E-state index in [0.717, 1.165) is 48.6 Å². The summed E-state index contributed by atoms with van der Waals surface area (Å²) < 4.78 is 15.8. The van der Waals surface area contributed by atoms with Gasteiger partial charge in [-0.15, -0.1) is 0 Å². The molecule has 1 aromatic heterocycles. The van der Waals surface area contributed by atoms with E-state index >= 15 is 0 Å². The minimum Gasteiger partial charge on any atom is -0.482 e. The number of hydrogen-bond acceptors (Lipinski definition) is 5. The molecule has 1 heterocycles. The molecule has 0 unspecified atom stereocenters. The van der Waals surface area contributed by atoms with Crippen LogP contribution in [0.4, 0.5) is 0 Å². The zero-order valence-electron chi connectivity index (χ0n) is 13.2. The van der Waals surface area contributed by atoms with Crippen LogP contribution in [0.3, 0.4) is 0 Å². The van der Waals surface area contributed by atoms with Crippen molar-refractivity contribution in [1.29, 1.82) is 0 Å². The van der Waals surface area contributed by atoms with Crippen LogP contribution in [-0.4, -0.2) is 19.2 Å². The van der Waals surface area contributed by atoms with Crippen molar-refractivity contribution in [2.24, 2.45) is 0 Å². The Balaban J connectivity index is 1.82. The first kappa shape index (κ1) is 15.6. The van der Waals surface area contributed by atoms with Crippen LogP contribution in [0.1, 0.15) is 37.3 Å². The van der Waals surface area contributed by atoms with E-state index in [1.165, 1.54) is 0 Å². The number of benzene rings is 1. The quantitative estimate of drug-likeness (QED) is 0.626. The van der Waals surface area contributed by atoms with Gasteiger partial charge in [0, 0.05) is 17.0 Å². The van der Waals surface area contributed by atoms with Crippen molar-refractivity contribution in [3.63, 3.8) is 0 Å². The first-order valence-corrected chi connectivity index (χ1v) is 8.06. The van der Waals surface area contributed by atoms with Crippen LogP contribution in [0.25, 0.3) is 11.0 Å². The molecule has 2 aromatic rings. The normalized spacial score (nSPS) is 13.6. The highest BCUT2D eigenvalue weighted by Crippen LogP contribution is 2.29. The van der Waals surface area contributed by atoms with Gasteiger partial charge in [0.1, 0.15) is 11.3 Å². The summed E-state index contributed by atoms with van der Waals surface area (Å²) in [5, 5.41) is 0.959. The van der Waals surface area contributed by atoms with Crippen LogP contribution in [0.15, 0.2) is 27.4 Å². The van der Waals surface area contributed by atoms with Gasteiger partial charge in [-0.05, 0) is 49.8 Å². The topological polar surface area (TPSA) is 65.7 Å². The van der Waals surface area contributed by atoms with Gasteiger partial charge in [0.2, 0.25) is 0 Å². The number of esters is 1. The standard InChI is InChI=1S/C18H20O5/c1-2-9-21-17(19)11-22-12-7-8-14-13-5-3-4-6-15(13)18(20)23-16(14)10-12/h7-8,10H,2-6,9,11H2,1H3. The lowest BCUT2D eigenvalue weighted by atomic mass is 9.91. The van der Waals surface area contributed by atoms with Crippen molar-refractivity contribution in [1.82, 2.24) is 0 Å². The van der Waals surface area contributed by atoms with Crippen LogP contribution in [0, 0.1) is 0 Å². The smallest absolute Gasteiger partial charge is 0.344 e. The van der Waals surface area contributed by atoms with Crippen LogP contribution in [0.5, 0.6) is 5.75 Å². The second-order valence-corrected chi connectivity index (χ2v) is 5.72. The van der Waals surface area contributed by atoms with Gasteiger partial charge >= 0.3 is 11.6 Å². The summed E-state index contributed by atoms with van der Waals surface area (Å²) in [4.78, 5) is 23.6. The SMILES string of the molecule is CCCOC(=O)COc1ccc2c3c(c(=O)oc2c1)CCCC3. The lowest BCUT2D eigenvalue weighted by Gasteiger charge is -2.16. The third kappa shape index (κ3) is 3.38. The Morgan fingerprint density at radius 1 is 1.22 bits per heavy atom. The second-order valence-electron chi connectivity index (χ2n) is 5.72. The van der Waals surface area contributed by atoms with Crippen molar-refractivity contribution in [2.45, 2.75) is 39.0 Å². The fraction of sp³-hybridized carbons (Fsp3) is 0.444. The molecule has 0 saturated heterocycles. The Kier molecular flexibility index (Phi) is 4.65. The maximum Gasteiger partial charge on any atom is 0.344 e. The van der Waals surface area contributed by atoms with Gasteiger partial charge in [-0.2, -0.15) is 0 Å². The molecule has 1 aliphatic carbocycles. The zero-order chi connectivity index (χ0) is 16.2. The number of rotatable bonds is 5. The number of fused-ring (bicyclic) bond motifs is 3. The van der Waals surface area contributed by atoms with Crippen LogP contribution in [0.2, 0.25) is 0 Å². The van der Waals surface area contributed by atoms with Crippen molar-refractivity contribution in [3.05, 3.63) is 39.7 Å². The van der Waals surface area contributed by atoms with Gasteiger partial charge in [0.15, 0.2) is 6.61 Å². The van der Waals surface area contributed by atoms with Crippen LogP contribution >= 0.6 is 0 Å². The lowest BCUT2D eigenvalue weighted by Crippen LogP contribution is -2.16. The Bertz CT molecular complexity index is 775. The minimum atomic E-state index is -0.404. The molecule has 1 aliphatic rings. The summed E-state index contributed by atoms with van der Waals surface area (Å²) in [6.07, 6.45) is 4.59. The number of hydrogen-bond donors (Lipinski definition) is 0. The van der Waals surface area contributed by atoms with Gasteiger partial charge in [-0.1, -0.05) is 6.92 Å². The molecule has 0 bridgehead atoms. The maximum absolute atomic E-state index is 12.1. The van der Waals surface area contributed by atoms with Gasteiger partial charge in [-0.25, -0.2) is 9.59 Å². The van der Waals surface area contributed by atoms with Crippen molar-refractivity contribution in [2.75, 3.05) is 13.2 Å². The van der Waals surface area contributed by atoms with E-state index < -0.39 is 5.97 Å². The number of carbonyl (C=O) groups is 1. The van der Waals surface area contributed by atoms with Gasteiger partial charge in [-0.3, -0.25) is 0 Å². The van der Waals surface area contributed by atoms with E-state index in [0.29, 0.717) is 17.9 Å². The molecule has 3 rings (SSSR count). The molecule has 0 atom stereocenters. The van der Waals surface area contributed by atoms with E-state index in [-0.39, 0.29) is 12.2 Å². The Hall–Kier alpha value is -2.30.